The zero-order chi connectivity index (χ0) is 14.5. The van der Waals surface area contributed by atoms with Gasteiger partial charge in [0.05, 0.1) is 11.4 Å². The molecule has 0 bridgehead atoms. The Morgan fingerprint density at radius 3 is 2.71 bits per heavy atom. The van der Waals surface area contributed by atoms with Gasteiger partial charge in [-0.2, -0.15) is 0 Å². The molecule has 2 aromatic rings. The second-order valence-corrected chi connectivity index (χ2v) is 5.09. The third-order valence-electron chi connectivity index (χ3n) is 3.60. The van der Waals surface area contributed by atoms with E-state index in [1.807, 2.05) is 59.5 Å². The van der Waals surface area contributed by atoms with Crippen LogP contribution in [0.3, 0.4) is 0 Å². The lowest BCUT2D eigenvalue weighted by atomic mass is 10.2. The number of fused-ring (bicyclic) bond motifs is 1. The van der Waals surface area contributed by atoms with Crippen molar-refractivity contribution in [3.63, 3.8) is 0 Å². The lowest BCUT2D eigenvalue weighted by Crippen LogP contribution is -2.40. The van der Waals surface area contributed by atoms with E-state index in [1.165, 1.54) is 0 Å². The van der Waals surface area contributed by atoms with E-state index in [0.29, 0.717) is 6.54 Å². The van der Waals surface area contributed by atoms with E-state index in [1.54, 1.807) is 0 Å². The van der Waals surface area contributed by atoms with Crippen LogP contribution in [0.5, 0.6) is 0 Å². The van der Waals surface area contributed by atoms with Crippen molar-refractivity contribution < 1.29 is 4.79 Å². The van der Waals surface area contributed by atoms with Crippen LogP contribution < -0.4 is 15.5 Å². The number of hydrogen-bond donors (Lipinski definition) is 2. The maximum Gasteiger partial charge on any atom is 0.322 e. The molecule has 4 heteroatoms. The first-order chi connectivity index (χ1) is 10.3. The number of nitrogens with one attached hydrogen (secondary N) is 2. The zero-order valence-corrected chi connectivity index (χ0v) is 11.9. The lowest BCUT2D eigenvalue weighted by Gasteiger charge is -2.22. The van der Waals surface area contributed by atoms with E-state index in [2.05, 4.69) is 10.6 Å². The lowest BCUT2D eigenvalue weighted by molar-refractivity contribution is 0.246. The summed E-state index contributed by atoms with van der Waals surface area (Å²) in [6.07, 6.45) is 0.938. The Labute approximate surface area is 124 Å². The summed E-state index contributed by atoms with van der Waals surface area (Å²) in [7, 11) is 0. The fourth-order valence-corrected chi connectivity index (χ4v) is 2.52. The first-order valence-corrected chi connectivity index (χ1v) is 7.27. The summed E-state index contributed by atoms with van der Waals surface area (Å²) in [5.41, 5.74) is 3.07. The van der Waals surface area contributed by atoms with Crippen LogP contribution >= 0.6 is 0 Å². The van der Waals surface area contributed by atoms with Gasteiger partial charge in [-0.25, -0.2) is 4.79 Å². The summed E-state index contributed by atoms with van der Waals surface area (Å²) in [4.78, 5) is 14.3. The summed E-state index contributed by atoms with van der Waals surface area (Å²) in [5, 5.41) is 6.36. The van der Waals surface area contributed by atoms with Gasteiger partial charge in [0.25, 0.3) is 0 Å². The predicted octanol–water partition coefficient (Wildman–Crippen LogP) is 3.22. The molecule has 4 nitrogen and oxygen atoms in total. The molecule has 0 atom stereocenters. The van der Waals surface area contributed by atoms with Gasteiger partial charge in [-0.3, -0.25) is 4.90 Å². The number of carbonyl (C=O) groups is 1. The number of para-hydroxylation sites is 2. The Balaban J connectivity index is 1.72. The summed E-state index contributed by atoms with van der Waals surface area (Å²) in [6.45, 7) is 2.16. The molecule has 1 aliphatic rings. The Bertz CT molecular complexity index is 612. The van der Waals surface area contributed by atoms with Gasteiger partial charge in [-0.15, -0.1) is 0 Å². The Morgan fingerprint density at radius 2 is 1.86 bits per heavy atom. The number of carbonyl (C=O) groups excluding carboxylic acids is 1. The molecule has 0 spiro atoms. The SMILES string of the molecule is O=C(NCc1ccccc1)N1CCCNc2ccccc21. The summed E-state index contributed by atoms with van der Waals surface area (Å²) in [6, 6.07) is 17.8. The predicted molar refractivity (Wildman–Crippen MR) is 85.6 cm³/mol. The molecule has 1 heterocycles. The fraction of sp³-hybridized carbons (Fsp3) is 0.235. The molecule has 2 aromatic carbocycles. The monoisotopic (exact) mass is 281 g/mol. The minimum atomic E-state index is -0.0463. The summed E-state index contributed by atoms with van der Waals surface area (Å²) < 4.78 is 0. The van der Waals surface area contributed by atoms with Crippen LogP contribution in [-0.2, 0) is 6.54 Å². The molecular formula is C17H19N3O. The van der Waals surface area contributed by atoms with Gasteiger partial charge in [0.2, 0.25) is 0 Å². The van der Waals surface area contributed by atoms with Crippen LogP contribution in [-0.4, -0.2) is 19.1 Å². The Hall–Kier alpha value is -2.49. The first kappa shape index (κ1) is 13.5. The fourth-order valence-electron chi connectivity index (χ4n) is 2.52. The van der Waals surface area contributed by atoms with Gasteiger partial charge in [0.15, 0.2) is 0 Å². The molecule has 108 valence electrons. The molecular weight excluding hydrogens is 262 g/mol. The third kappa shape index (κ3) is 3.16. The molecule has 0 saturated carbocycles. The highest BCUT2D eigenvalue weighted by Gasteiger charge is 2.20. The van der Waals surface area contributed by atoms with Crippen molar-refractivity contribution >= 4 is 17.4 Å². The molecule has 0 aliphatic carbocycles. The first-order valence-electron chi connectivity index (χ1n) is 7.27. The van der Waals surface area contributed by atoms with Crippen LogP contribution in [0.15, 0.2) is 54.6 Å². The average molecular weight is 281 g/mol. The molecule has 1 aliphatic heterocycles. The van der Waals surface area contributed by atoms with Crippen LogP contribution in [0.4, 0.5) is 16.2 Å². The number of rotatable bonds is 2. The van der Waals surface area contributed by atoms with Crippen molar-refractivity contribution in [2.45, 2.75) is 13.0 Å². The highest BCUT2D eigenvalue weighted by atomic mass is 16.2. The second-order valence-electron chi connectivity index (χ2n) is 5.09. The molecule has 0 saturated heterocycles. The highest BCUT2D eigenvalue weighted by molar-refractivity contribution is 5.95. The van der Waals surface area contributed by atoms with Crippen molar-refractivity contribution in [3.8, 4) is 0 Å². The maximum absolute atomic E-state index is 12.5. The van der Waals surface area contributed by atoms with E-state index in [4.69, 9.17) is 0 Å². The summed E-state index contributed by atoms with van der Waals surface area (Å²) in [5.74, 6) is 0. The Kier molecular flexibility index (Phi) is 4.05. The molecule has 0 aromatic heterocycles. The van der Waals surface area contributed by atoms with Crippen molar-refractivity contribution in [1.82, 2.24) is 5.32 Å². The molecule has 0 unspecified atom stereocenters. The molecule has 0 fully saturated rings. The van der Waals surface area contributed by atoms with Crippen molar-refractivity contribution in [2.75, 3.05) is 23.3 Å². The van der Waals surface area contributed by atoms with Gasteiger partial charge in [-0.05, 0) is 24.1 Å². The second kappa shape index (κ2) is 6.31. The number of nitrogens with zero attached hydrogens (tertiary/aromatic N) is 1. The van der Waals surface area contributed by atoms with Crippen molar-refractivity contribution in [3.05, 3.63) is 60.2 Å². The third-order valence-corrected chi connectivity index (χ3v) is 3.60. The van der Waals surface area contributed by atoms with E-state index >= 15 is 0 Å². The molecule has 3 rings (SSSR count). The number of hydrogen-bond acceptors (Lipinski definition) is 2. The van der Waals surface area contributed by atoms with Gasteiger partial charge >= 0.3 is 6.03 Å². The normalized spacial score (nSPS) is 13.8. The number of benzene rings is 2. The topological polar surface area (TPSA) is 44.4 Å². The van der Waals surface area contributed by atoms with Gasteiger partial charge in [0.1, 0.15) is 0 Å². The molecule has 2 N–H and O–H groups in total. The number of urea groups is 1. The van der Waals surface area contributed by atoms with Crippen LogP contribution in [0, 0.1) is 0 Å². The zero-order valence-electron chi connectivity index (χ0n) is 11.9. The van der Waals surface area contributed by atoms with Crippen LogP contribution in [0.2, 0.25) is 0 Å². The molecule has 0 radical (unpaired) electrons. The van der Waals surface area contributed by atoms with Gasteiger partial charge in [-0.1, -0.05) is 42.5 Å². The van der Waals surface area contributed by atoms with E-state index in [9.17, 15) is 4.79 Å². The highest BCUT2D eigenvalue weighted by Crippen LogP contribution is 2.27. The minimum absolute atomic E-state index is 0.0463. The minimum Gasteiger partial charge on any atom is -0.383 e. The van der Waals surface area contributed by atoms with E-state index in [0.717, 1.165) is 36.4 Å². The molecule has 2 amide bonds. The molecule has 21 heavy (non-hydrogen) atoms. The standard InChI is InChI=1S/C17H19N3O/c21-17(19-13-14-7-2-1-3-8-14)20-12-6-11-18-15-9-4-5-10-16(15)20/h1-5,7-10,18H,6,11-13H2,(H,19,21). The number of anilines is 2. The van der Waals surface area contributed by atoms with Gasteiger partial charge < -0.3 is 10.6 Å². The van der Waals surface area contributed by atoms with Crippen LogP contribution in [0.1, 0.15) is 12.0 Å². The quantitative estimate of drug-likeness (QED) is 0.887. The maximum atomic E-state index is 12.5. The Morgan fingerprint density at radius 1 is 1.10 bits per heavy atom. The van der Waals surface area contributed by atoms with Crippen molar-refractivity contribution in [2.24, 2.45) is 0 Å². The van der Waals surface area contributed by atoms with E-state index in [-0.39, 0.29) is 6.03 Å². The van der Waals surface area contributed by atoms with Gasteiger partial charge in [0, 0.05) is 19.6 Å². The summed E-state index contributed by atoms with van der Waals surface area (Å²) >= 11 is 0. The average Bonchev–Trinajstić information content (AvgIpc) is 2.76. The smallest absolute Gasteiger partial charge is 0.322 e. The van der Waals surface area contributed by atoms with Crippen molar-refractivity contribution in [1.29, 1.82) is 0 Å². The number of amides is 2. The van der Waals surface area contributed by atoms with Crippen LogP contribution in [0.25, 0.3) is 0 Å². The van der Waals surface area contributed by atoms with E-state index < -0.39 is 0 Å². The largest absolute Gasteiger partial charge is 0.383 e.